The van der Waals surface area contributed by atoms with Crippen LogP contribution in [0.4, 0.5) is 9.52 Å². The number of benzene rings is 3. The van der Waals surface area contributed by atoms with E-state index in [9.17, 15) is 19.1 Å². The van der Waals surface area contributed by atoms with E-state index < -0.39 is 17.7 Å². The highest BCUT2D eigenvalue weighted by atomic mass is 32.2. The molecule has 1 atom stereocenters. The molecular formula is C33H32FN3O5S2. The summed E-state index contributed by atoms with van der Waals surface area (Å²) >= 11 is 2.54. The standard InChI is InChI=1S/C33H32FN3O5S2/c1-4-6-17-42-25-16-13-23(18-26(25)41-5-2)28-27(29(38)22-11-7-20(3)8-12-22)30(39)31(40)37(28)32-35-36-33(44-32)43-19-21-9-14-24(34)15-10-21/h7-16,18,28,38H,4-6,17,19H2,1-3H3. The Labute approximate surface area is 263 Å². The van der Waals surface area contributed by atoms with E-state index >= 15 is 0 Å². The van der Waals surface area contributed by atoms with Crippen molar-refractivity contribution in [2.24, 2.45) is 0 Å². The Balaban J connectivity index is 1.56. The number of hydrogen-bond donors (Lipinski definition) is 1. The number of ketones is 1. The van der Waals surface area contributed by atoms with Gasteiger partial charge in [-0.25, -0.2) is 4.39 Å². The first-order chi connectivity index (χ1) is 21.3. The third kappa shape index (κ3) is 6.79. The summed E-state index contributed by atoms with van der Waals surface area (Å²) in [4.78, 5) is 28.5. The van der Waals surface area contributed by atoms with Crippen molar-refractivity contribution in [3.8, 4) is 11.5 Å². The Morgan fingerprint density at radius 1 is 1.00 bits per heavy atom. The normalized spacial score (nSPS) is 16.0. The predicted octanol–water partition coefficient (Wildman–Crippen LogP) is 7.48. The Morgan fingerprint density at radius 2 is 1.75 bits per heavy atom. The number of aliphatic hydroxyl groups excluding tert-OH is 1. The molecule has 1 N–H and O–H groups in total. The number of rotatable bonds is 12. The number of thioether (sulfide) groups is 1. The number of aryl methyl sites for hydroxylation is 1. The molecule has 5 rings (SSSR count). The SMILES string of the molecule is CCCCOc1ccc(C2C(=C(O)c3ccc(C)cc3)C(=O)C(=O)N2c2nnc(SCc3ccc(F)cc3)s2)cc1OCC. The van der Waals surface area contributed by atoms with Crippen LogP contribution in [0.1, 0.15) is 55.0 Å². The van der Waals surface area contributed by atoms with E-state index in [1.165, 1.54) is 28.8 Å². The van der Waals surface area contributed by atoms with Crippen LogP contribution >= 0.6 is 23.1 Å². The van der Waals surface area contributed by atoms with Gasteiger partial charge in [0.1, 0.15) is 11.6 Å². The van der Waals surface area contributed by atoms with Crippen LogP contribution in [-0.4, -0.2) is 40.2 Å². The topological polar surface area (TPSA) is 102 Å². The molecule has 0 spiro atoms. The number of aliphatic hydroxyl groups is 1. The first kappa shape index (κ1) is 31.2. The highest BCUT2D eigenvalue weighted by molar-refractivity contribution is 8.00. The lowest BCUT2D eigenvalue weighted by Crippen LogP contribution is -2.29. The molecule has 0 radical (unpaired) electrons. The number of aromatic nitrogens is 2. The third-order valence-corrected chi connectivity index (χ3v) is 9.11. The molecule has 228 valence electrons. The number of halogens is 1. The summed E-state index contributed by atoms with van der Waals surface area (Å²) in [6.45, 7) is 6.75. The molecule has 1 saturated heterocycles. The van der Waals surface area contributed by atoms with Gasteiger partial charge in [0, 0.05) is 11.3 Å². The Bertz CT molecular complexity index is 1670. The third-order valence-electron chi connectivity index (χ3n) is 6.99. The Kier molecular flexibility index (Phi) is 9.96. The average molecular weight is 634 g/mol. The van der Waals surface area contributed by atoms with Gasteiger partial charge in [0.15, 0.2) is 15.8 Å². The fourth-order valence-corrected chi connectivity index (χ4v) is 6.53. The first-order valence-corrected chi connectivity index (χ1v) is 16.1. The van der Waals surface area contributed by atoms with E-state index in [4.69, 9.17) is 9.47 Å². The summed E-state index contributed by atoms with van der Waals surface area (Å²) in [5, 5.41) is 20.2. The van der Waals surface area contributed by atoms with Crippen LogP contribution in [0.5, 0.6) is 11.5 Å². The molecular weight excluding hydrogens is 602 g/mol. The fourth-order valence-electron chi connectivity index (χ4n) is 4.70. The van der Waals surface area contributed by atoms with Crippen molar-refractivity contribution in [1.82, 2.24) is 10.2 Å². The molecule has 0 aliphatic carbocycles. The molecule has 0 bridgehead atoms. The van der Waals surface area contributed by atoms with Gasteiger partial charge in [0.2, 0.25) is 5.13 Å². The second-order valence-corrected chi connectivity index (χ2v) is 12.3. The smallest absolute Gasteiger partial charge is 0.301 e. The molecule has 1 unspecified atom stereocenters. The van der Waals surface area contributed by atoms with Gasteiger partial charge < -0.3 is 14.6 Å². The Hall–Kier alpha value is -4.22. The molecule has 2 heterocycles. The number of ether oxygens (including phenoxy) is 2. The van der Waals surface area contributed by atoms with Crippen LogP contribution in [0, 0.1) is 12.7 Å². The molecule has 0 saturated carbocycles. The fraction of sp³-hybridized carbons (Fsp3) is 0.273. The number of unbranched alkanes of at least 4 members (excludes halogenated alkanes) is 1. The first-order valence-electron chi connectivity index (χ1n) is 14.3. The molecule has 8 nitrogen and oxygen atoms in total. The van der Waals surface area contributed by atoms with E-state index in [-0.39, 0.29) is 22.3 Å². The summed E-state index contributed by atoms with van der Waals surface area (Å²) in [5.74, 6) is -0.716. The van der Waals surface area contributed by atoms with E-state index in [2.05, 4.69) is 17.1 Å². The maximum Gasteiger partial charge on any atom is 0.301 e. The maximum atomic E-state index is 13.6. The van der Waals surface area contributed by atoms with Crippen molar-refractivity contribution in [1.29, 1.82) is 0 Å². The van der Waals surface area contributed by atoms with Crippen molar-refractivity contribution >= 4 is 45.7 Å². The van der Waals surface area contributed by atoms with Crippen molar-refractivity contribution in [3.05, 3.63) is 100 Å². The lowest BCUT2D eigenvalue weighted by molar-refractivity contribution is -0.132. The predicted molar refractivity (Wildman–Crippen MR) is 170 cm³/mol. The van der Waals surface area contributed by atoms with Crippen LogP contribution < -0.4 is 14.4 Å². The summed E-state index contributed by atoms with van der Waals surface area (Å²) < 4.78 is 25.7. The number of nitrogens with zero attached hydrogens (tertiary/aromatic N) is 3. The van der Waals surface area contributed by atoms with Crippen LogP contribution in [0.25, 0.3) is 5.76 Å². The molecule has 3 aromatic carbocycles. The summed E-state index contributed by atoms with van der Waals surface area (Å²) in [5.41, 5.74) is 2.78. The summed E-state index contributed by atoms with van der Waals surface area (Å²) in [7, 11) is 0. The van der Waals surface area contributed by atoms with Crippen LogP contribution in [0.2, 0.25) is 0 Å². The second-order valence-electron chi connectivity index (χ2n) is 10.1. The Morgan fingerprint density at radius 3 is 2.45 bits per heavy atom. The lowest BCUT2D eigenvalue weighted by atomic mass is 9.95. The highest BCUT2D eigenvalue weighted by Crippen LogP contribution is 2.45. The van der Waals surface area contributed by atoms with Gasteiger partial charge in [-0.05, 0) is 55.7 Å². The largest absolute Gasteiger partial charge is 0.507 e. The summed E-state index contributed by atoms with van der Waals surface area (Å²) in [6, 6.07) is 17.5. The highest BCUT2D eigenvalue weighted by Gasteiger charge is 2.48. The number of anilines is 1. The maximum absolute atomic E-state index is 13.6. The molecule has 1 aliphatic rings. The van der Waals surface area contributed by atoms with E-state index in [0.717, 1.165) is 35.3 Å². The van der Waals surface area contributed by atoms with Gasteiger partial charge in [0.25, 0.3) is 5.78 Å². The minimum atomic E-state index is -0.997. The lowest BCUT2D eigenvalue weighted by Gasteiger charge is -2.23. The molecule has 1 fully saturated rings. The van der Waals surface area contributed by atoms with Crippen molar-refractivity contribution < 1.29 is 28.6 Å². The number of Topliss-reactive ketones (excluding diaryl/α,β-unsaturated/α-hetero) is 1. The number of carbonyl (C=O) groups is 2. The van der Waals surface area contributed by atoms with Gasteiger partial charge in [-0.1, -0.05) is 84.5 Å². The molecule has 1 aliphatic heterocycles. The number of amides is 1. The van der Waals surface area contributed by atoms with E-state index in [0.29, 0.717) is 45.9 Å². The van der Waals surface area contributed by atoms with Gasteiger partial charge >= 0.3 is 5.91 Å². The van der Waals surface area contributed by atoms with Gasteiger partial charge in [0.05, 0.1) is 24.8 Å². The molecule has 11 heteroatoms. The van der Waals surface area contributed by atoms with Crippen LogP contribution in [0.15, 0.2) is 76.6 Å². The van der Waals surface area contributed by atoms with Crippen LogP contribution in [0.3, 0.4) is 0 Å². The summed E-state index contributed by atoms with van der Waals surface area (Å²) in [6.07, 6.45) is 1.85. The van der Waals surface area contributed by atoms with Crippen molar-refractivity contribution in [3.63, 3.8) is 0 Å². The molecule has 4 aromatic rings. The zero-order valence-electron chi connectivity index (χ0n) is 24.6. The minimum Gasteiger partial charge on any atom is -0.507 e. The zero-order chi connectivity index (χ0) is 31.2. The van der Waals surface area contributed by atoms with Gasteiger partial charge in [-0.2, -0.15) is 0 Å². The van der Waals surface area contributed by atoms with Crippen molar-refractivity contribution in [2.75, 3.05) is 18.1 Å². The van der Waals surface area contributed by atoms with Crippen molar-refractivity contribution in [2.45, 2.75) is 49.7 Å². The number of carbonyl (C=O) groups excluding carboxylic acids is 2. The van der Waals surface area contributed by atoms with E-state index in [1.807, 2.05) is 26.0 Å². The second kappa shape index (κ2) is 14.0. The number of hydrogen-bond acceptors (Lipinski definition) is 9. The quantitative estimate of drug-likeness (QED) is 0.0428. The zero-order valence-corrected chi connectivity index (χ0v) is 26.2. The van der Waals surface area contributed by atoms with E-state index in [1.54, 1.807) is 42.5 Å². The molecule has 44 heavy (non-hydrogen) atoms. The van der Waals surface area contributed by atoms with Crippen LogP contribution in [-0.2, 0) is 15.3 Å². The average Bonchev–Trinajstić information content (AvgIpc) is 3.59. The minimum absolute atomic E-state index is 0.0586. The monoisotopic (exact) mass is 633 g/mol. The van der Waals surface area contributed by atoms with Gasteiger partial charge in [-0.15, -0.1) is 10.2 Å². The molecule has 1 aromatic heterocycles. The molecule has 1 amide bonds. The van der Waals surface area contributed by atoms with Gasteiger partial charge in [-0.3, -0.25) is 14.5 Å².